The maximum absolute atomic E-state index is 8.98. The van der Waals surface area contributed by atoms with Gasteiger partial charge in [-0.2, -0.15) is 0 Å². The fraction of sp³-hybridized carbons (Fsp3) is 0.154. The lowest BCUT2D eigenvalue weighted by Crippen LogP contribution is -1.96. The SMILES string of the molecule is OCc1cccc(OCc2ccncc2)c1. The first-order chi connectivity index (χ1) is 7.88. The second-order valence-corrected chi connectivity index (χ2v) is 3.45. The lowest BCUT2D eigenvalue weighted by molar-refractivity contribution is 0.278. The van der Waals surface area contributed by atoms with Gasteiger partial charge in [-0.15, -0.1) is 0 Å². The third-order valence-corrected chi connectivity index (χ3v) is 2.24. The second-order valence-electron chi connectivity index (χ2n) is 3.45. The molecule has 0 aliphatic carbocycles. The van der Waals surface area contributed by atoms with Crippen LogP contribution >= 0.6 is 0 Å². The van der Waals surface area contributed by atoms with E-state index in [1.807, 2.05) is 36.4 Å². The van der Waals surface area contributed by atoms with E-state index in [-0.39, 0.29) is 6.61 Å². The van der Waals surface area contributed by atoms with E-state index in [1.165, 1.54) is 0 Å². The number of benzene rings is 1. The number of hydrogen-bond acceptors (Lipinski definition) is 3. The first-order valence-corrected chi connectivity index (χ1v) is 5.10. The number of aliphatic hydroxyl groups is 1. The summed E-state index contributed by atoms with van der Waals surface area (Å²) in [7, 11) is 0. The van der Waals surface area contributed by atoms with Gasteiger partial charge in [-0.25, -0.2) is 0 Å². The Morgan fingerprint density at radius 1 is 1.06 bits per heavy atom. The van der Waals surface area contributed by atoms with Crippen LogP contribution in [0.3, 0.4) is 0 Å². The minimum atomic E-state index is 0.0342. The van der Waals surface area contributed by atoms with E-state index in [2.05, 4.69) is 4.98 Å². The molecule has 3 heteroatoms. The standard InChI is InChI=1S/C13H13NO2/c15-9-12-2-1-3-13(8-12)16-10-11-4-6-14-7-5-11/h1-8,15H,9-10H2. The number of pyridine rings is 1. The quantitative estimate of drug-likeness (QED) is 0.849. The van der Waals surface area contributed by atoms with Gasteiger partial charge in [-0.05, 0) is 35.4 Å². The Hall–Kier alpha value is -1.87. The summed E-state index contributed by atoms with van der Waals surface area (Å²) in [6.45, 7) is 0.545. The van der Waals surface area contributed by atoms with E-state index in [4.69, 9.17) is 9.84 Å². The van der Waals surface area contributed by atoms with Crippen molar-refractivity contribution in [2.24, 2.45) is 0 Å². The molecule has 0 unspecified atom stereocenters. The van der Waals surface area contributed by atoms with Crippen LogP contribution in [0.15, 0.2) is 48.8 Å². The summed E-state index contributed by atoms with van der Waals surface area (Å²) in [5.41, 5.74) is 1.93. The number of aliphatic hydroxyl groups excluding tert-OH is 1. The topological polar surface area (TPSA) is 42.4 Å². The van der Waals surface area contributed by atoms with Gasteiger partial charge in [0.15, 0.2) is 0 Å². The minimum absolute atomic E-state index is 0.0342. The van der Waals surface area contributed by atoms with E-state index in [0.29, 0.717) is 6.61 Å². The molecule has 1 aromatic heterocycles. The van der Waals surface area contributed by atoms with Crippen molar-refractivity contribution in [1.82, 2.24) is 4.98 Å². The van der Waals surface area contributed by atoms with Gasteiger partial charge >= 0.3 is 0 Å². The van der Waals surface area contributed by atoms with Crippen LogP contribution in [0.1, 0.15) is 11.1 Å². The Labute approximate surface area is 94.3 Å². The molecular weight excluding hydrogens is 202 g/mol. The molecule has 0 bridgehead atoms. The van der Waals surface area contributed by atoms with Crippen LogP contribution in [0.4, 0.5) is 0 Å². The zero-order valence-corrected chi connectivity index (χ0v) is 8.84. The molecule has 1 N–H and O–H groups in total. The predicted octanol–water partition coefficient (Wildman–Crippen LogP) is 2.15. The molecule has 0 aliphatic heterocycles. The van der Waals surface area contributed by atoms with Gasteiger partial charge in [0.25, 0.3) is 0 Å². The highest BCUT2D eigenvalue weighted by molar-refractivity contribution is 5.28. The van der Waals surface area contributed by atoms with Crippen LogP contribution in [-0.4, -0.2) is 10.1 Å². The second kappa shape index (κ2) is 5.28. The highest BCUT2D eigenvalue weighted by Gasteiger charge is 1.97. The third kappa shape index (κ3) is 2.81. The zero-order chi connectivity index (χ0) is 11.2. The number of nitrogens with zero attached hydrogens (tertiary/aromatic N) is 1. The Morgan fingerprint density at radius 3 is 2.62 bits per heavy atom. The monoisotopic (exact) mass is 215 g/mol. The summed E-state index contributed by atoms with van der Waals surface area (Å²) in [6, 6.07) is 11.3. The Kier molecular flexibility index (Phi) is 3.51. The van der Waals surface area contributed by atoms with Crippen LogP contribution in [-0.2, 0) is 13.2 Å². The number of hydrogen-bond donors (Lipinski definition) is 1. The zero-order valence-electron chi connectivity index (χ0n) is 8.84. The average Bonchev–Trinajstić information content (AvgIpc) is 2.38. The largest absolute Gasteiger partial charge is 0.489 e. The Bertz CT molecular complexity index is 443. The normalized spacial score (nSPS) is 10.1. The summed E-state index contributed by atoms with van der Waals surface area (Å²) in [6.07, 6.45) is 3.48. The van der Waals surface area contributed by atoms with E-state index in [0.717, 1.165) is 16.9 Å². The molecule has 0 amide bonds. The van der Waals surface area contributed by atoms with Gasteiger partial charge in [0.05, 0.1) is 6.61 Å². The van der Waals surface area contributed by atoms with Gasteiger partial charge in [-0.3, -0.25) is 4.98 Å². The van der Waals surface area contributed by atoms with Crippen molar-refractivity contribution in [1.29, 1.82) is 0 Å². The molecule has 0 saturated carbocycles. The van der Waals surface area contributed by atoms with E-state index in [9.17, 15) is 0 Å². The summed E-state index contributed by atoms with van der Waals surface area (Å²) in [4.78, 5) is 3.94. The lowest BCUT2D eigenvalue weighted by Gasteiger charge is -2.06. The van der Waals surface area contributed by atoms with Crippen molar-refractivity contribution in [3.8, 4) is 5.75 Å². The number of aromatic nitrogens is 1. The molecule has 0 fully saturated rings. The number of rotatable bonds is 4. The molecule has 2 rings (SSSR count). The summed E-state index contributed by atoms with van der Waals surface area (Å²) in [5, 5.41) is 8.98. The fourth-order valence-corrected chi connectivity index (χ4v) is 1.38. The van der Waals surface area contributed by atoms with Crippen LogP contribution in [0.25, 0.3) is 0 Å². The summed E-state index contributed by atoms with van der Waals surface area (Å²) >= 11 is 0. The highest BCUT2D eigenvalue weighted by Crippen LogP contribution is 2.14. The molecule has 0 radical (unpaired) electrons. The molecule has 82 valence electrons. The molecule has 1 aromatic carbocycles. The van der Waals surface area contributed by atoms with Crippen molar-refractivity contribution in [2.75, 3.05) is 0 Å². The first-order valence-electron chi connectivity index (χ1n) is 5.10. The smallest absolute Gasteiger partial charge is 0.120 e. The molecule has 16 heavy (non-hydrogen) atoms. The van der Waals surface area contributed by atoms with Crippen LogP contribution in [0.5, 0.6) is 5.75 Å². The molecule has 0 atom stereocenters. The van der Waals surface area contributed by atoms with Crippen molar-refractivity contribution in [2.45, 2.75) is 13.2 Å². The van der Waals surface area contributed by atoms with Gasteiger partial charge < -0.3 is 9.84 Å². The molecule has 1 heterocycles. The van der Waals surface area contributed by atoms with Gasteiger partial charge in [0.2, 0.25) is 0 Å². The molecule has 3 nitrogen and oxygen atoms in total. The molecular formula is C13H13NO2. The van der Waals surface area contributed by atoms with Crippen molar-refractivity contribution >= 4 is 0 Å². The first kappa shape index (κ1) is 10.6. The fourth-order valence-electron chi connectivity index (χ4n) is 1.38. The van der Waals surface area contributed by atoms with Crippen molar-refractivity contribution < 1.29 is 9.84 Å². The maximum atomic E-state index is 8.98. The molecule has 0 aliphatic rings. The van der Waals surface area contributed by atoms with Crippen molar-refractivity contribution in [3.63, 3.8) is 0 Å². The third-order valence-electron chi connectivity index (χ3n) is 2.24. The van der Waals surface area contributed by atoms with Gasteiger partial charge in [-0.1, -0.05) is 12.1 Å². The highest BCUT2D eigenvalue weighted by atomic mass is 16.5. The molecule has 2 aromatic rings. The van der Waals surface area contributed by atoms with E-state index < -0.39 is 0 Å². The lowest BCUT2D eigenvalue weighted by atomic mass is 10.2. The van der Waals surface area contributed by atoms with Gasteiger partial charge in [0, 0.05) is 12.4 Å². The number of ether oxygens (including phenoxy) is 1. The van der Waals surface area contributed by atoms with Crippen LogP contribution in [0, 0.1) is 0 Å². The van der Waals surface area contributed by atoms with E-state index >= 15 is 0 Å². The molecule has 0 spiro atoms. The summed E-state index contributed by atoms with van der Waals surface area (Å²) < 4.78 is 5.60. The van der Waals surface area contributed by atoms with E-state index in [1.54, 1.807) is 12.4 Å². The molecule has 0 saturated heterocycles. The van der Waals surface area contributed by atoms with Crippen LogP contribution < -0.4 is 4.74 Å². The summed E-state index contributed by atoms with van der Waals surface area (Å²) in [5.74, 6) is 0.767. The maximum Gasteiger partial charge on any atom is 0.120 e. The predicted molar refractivity (Wildman–Crippen MR) is 60.9 cm³/mol. The Balaban J connectivity index is 1.99. The van der Waals surface area contributed by atoms with Crippen molar-refractivity contribution in [3.05, 3.63) is 59.9 Å². The van der Waals surface area contributed by atoms with Gasteiger partial charge in [0.1, 0.15) is 12.4 Å². The minimum Gasteiger partial charge on any atom is -0.489 e. The van der Waals surface area contributed by atoms with Crippen LogP contribution in [0.2, 0.25) is 0 Å². The average molecular weight is 215 g/mol. The Morgan fingerprint density at radius 2 is 1.88 bits per heavy atom.